The molecule has 1 aromatic rings. The minimum atomic E-state index is 0.391. The first-order valence-electron chi connectivity index (χ1n) is 7.06. The smallest absolute Gasteiger partial charge is 0.120 e. The van der Waals surface area contributed by atoms with Crippen LogP contribution in [0.1, 0.15) is 42.1 Å². The van der Waals surface area contributed by atoms with E-state index in [-0.39, 0.29) is 0 Å². The maximum absolute atomic E-state index is 5.63. The van der Waals surface area contributed by atoms with Crippen molar-refractivity contribution >= 4 is 11.3 Å². The number of rotatable bonds is 7. The monoisotopic (exact) mass is 267 g/mol. The first kappa shape index (κ1) is 12.5. The van der Waals surface area contributed by atoms with Gasteiger partial charge in [-0.1, -0.05) is 0 Å². The molecule has 0 radical (unpaired) electrons. The minimum absolute atomic E-state index is 0.391. The number of ether oxygens (including phenoxy) is 1. The van der Waals surface area contributed by atoms with Crippen molar-refractivity contribution in [3.63, 3.8) is 0 Å². The van der Waals surface area contributed by atoms with Crippen LogP contribution in [0.25, 0.3) is 0 Å². The molecule has 0 amide bonds. The summed E-state index contributed by atoms with van der Waals surface area (Å²) in [5.74, 6) is 0. The molecule has 18 heavy (non-hydrogen) atoms. The fourth-order valence-corrected chi connectivity index (χ4v) is 3.26. The lowest BCUT2D eigenvalue weighted by Gasteiger charge is -2.04. The Bertz CT molecular complexity index is 372. The third-order valence-corrected chi connectivity index (χ3v) is 4.52. The summed E-state index contributed by atoms with van der Waals surface area (Å²) in [6.07, 6.45) is 8.69. The van der Waals surface area contributed by atoms with E-state index in [4.69, 9.17) is 4.74 Å². The van der Waals surface area contributed by atoms with Gasteiger partial charge in [-0.2, -0.15) is 0 Å². The number of nitrogens with one attached hydrogen (secondary N) is 1. The van der Waals surface area contributed by atoms with E-state index >= 15 is 0 Å². The van der Waals surface area contributed by atoms with E-state index in [1.54, 1.807) is 11.3 Å². The molecule has 3 rings (SSSR count). The third kappa shape index (κ3) is 3.73. The molecule has 1 saturated heterocycles. The molecular formula is C13H21N3OS. The summed E-state index contributed by atoms with van der Waals surface area (Å²) in [5.41, 5.74) is 0. The highest BCUT2D eigenvalue weighted by molar-refractivity contribution is 7.11. The van der Waals surface area contributed by atoms with Gasteiger partial charge in [0.05, 0.1) is 6.10 Å². The van der Waals surface area contributed by atoms with Crippen LogP contribution in [0.4, 0.5) is 0 Å². The van der Waals surface area contributed by atoms with Crippen LogP contribution in [0.15, 0.2) is 0 Å². The van der Waals surface area contributed by atoms with E-state index in [9.17, 15) is 0 Å². The Balaban J connectivity index is 1.37. The minimum Gasteiger partial charge on any atom is -0.378 e. The molecule has 1 unspecified atom stereocenters. The van der Waals surface area contributed by atoms with E-state index in [1.807, 2.05) is 0 Å². The van der Waals surface area contributed by atoms with Crippen molar-refractivity contribution in [3.05, 3.63) is 10.0 Å². The second-order valence-electron chi connectivity index (χ2n) is 5.26. The molecule has 0 bridgehead atoms. The van der Waals surface area contributed by atoms with Crippen LogP contribution >= 0.6 is 11.3 Å². The molecule has 100 valence electrons. The summed E-state index contributed by atoms with van der Waals surface area (Å²) >= 11 is 1.76. The molecule has 2 fully saturated rings. The molecule has 1 atom stereocenters. The Morgan fingerprint density at radius 2 is 2.11 bits per heavy atom. The highest BCUT2D eigenvalue weighted by Crippen LogP contribution is 2.21. The van der Waals surface area contributed by atoms with Crippen molar-refractivity contribution in [2.24, 2.45) is 0 Å². The predicted molar refractivity (Wildman–Crippen MR) is 71.9 cm³/mol. The topological polar surface area (TPSA) is 47.0 Å². The standard InChI is InChI=1S/C13H21N3OS/c1(7-14-10-5-6-10)4-12-15-16-13(18-12)9-11-3-2-8-17-11/h10-11,14H,1-9H2. The van der Waals surface area contributed by atoms with Crippen molar-refractivity contribution in [1.29, 1.82) is 0 Å². The van der Waals surface area contributed by atoms with Crippen LogP contribution in [-0.2, 0) is 17.6 Å². The van der Waals surface area contributed by atoms with Crippen molar-refractivity contribution in [2.45, 2.75) is 57.1 Å². The van der Waals surface area contributed by atoms with Gasteiger partial charge in [0.2, 0.25) is 0 Å². The van der Waals surface area contributed by atoms with Crippen LogP contribution in [-0.4, -0.2) is 35.5 Å². The SMILES string of the molecule is C(CNC1CC1)Cc1nnc(CC2CCCO2)s1. The Morgan fingerprint density at radius 3 is 2.89 bits per heavy atom. The summed E-state index contributed by atoms with van der Waals surface area (Å²) in [6.45, 7) is 2.04. The molecule has 1 aliphatic heterocycles. The lowest BCUT2D eigenvalue weighted by atomic mass is 10.2. The van der Waals surface area contributed by atoms with Gasteiger partial charge in [0.15, 0.2) is 0 Å². The predicted octanol–water partition coefficient (Wildman–Crippen LogP) is 1.94. The molecule has 4 nitrogen and oxygen atoms in total. The van der Waals surface area contributed by atoms with E-state index in [2.05, 4.69) is 15.5 Å². The van der Waals surface area contributed by atoms with Crippen molar-refractivity contribution < 1.29 is 4.74 Å². The lowest BCUT2D eigenvalue weighted by molar-refractivity contribution is 0.111. The average molecular weight is 267 g/mol. The summed E-state index contributed by atoms with van der Waals surface area (Å²) in [6, 6.07) is 0.814. The van der Waals surface area contributed by atoms with E-state index in [1.165, 1.54) is 37.1 Å². The maximum atomic E-state index is 5.63. The van der Waals surface area contributed by atoms with Crippen LogP contribution in [0, 0.1) is 0 Å². The molecule has 1 saturated carbocycles. The quantitative estimate of drug-likeness (QED) is 0.767. The lowest BCUT2D eigenvalue weighted by Crippen LogP contribution is -2.17. The van der Waals surface area contributed by atoms with Gasteiger partial charge in [0.25, 0.3) is 0 Å². The molecule has 0 aromatic carbocycles. The van der Waals surface area contributed by atoms with Crippen LogP contribution in [0.5, 0.6) is 0 Å². The van der Waals surface area contributed by atoms with Gasteiger partial charge in [-0.05, 0) is 38.6 Å². The van der Waals surface area contributed by atoms with Gasteiger partial charge in [0, 0.05) is 25.5 Å². The van der Waals surface area contributed by atoms with Gasteiger partial charge in [-0.3, -0.25) is 0 Å². The first-order valence-corrected chi connectivity index (χ1v) is 7.88. The molecule has 1 N–H and O–H groups in total. The molecule has 1 aliphatic carbocycles. The Morgan fingerprint density at radius 1 is 1.22 bits per heavy atom. The second-order valence-corrected chi connectivity index (χ2v) is 6.41. The number of aromatic nitrogens is 2. The van der Waals surface area contributed by atoms with Crippen molar-refractivity contribution in [2.75, 3.05) is 13.2 Å². The zero-order valence-corrected chi connectivity index (χ0v) is 11.5. The molecule has 2 heterocycles. The van der Waals surface area contributed by atoms with Crippen LogP contribution < -0.4 is 5.32 Å². The number of nitrogens with zero attached hydrogens (tertiary/aromatic N) is 2. The van der Waals surface area contributed by atoms with E-state index in [0.29, 0.717) is 6.10 Å². The number of hydrogen-bond donors (Lipinski definition) is 1. The van der Waals surface area contributed by atoms with Crippen LogP contribution in [0.3, 0.4) is 0 Å². The second kappa shape index (κ2) is 6.08. The summed E-state index contributed by atoms with van der Waals surface area (Å²) in [4.78, 5) is 0. The fourth-order valence-electron chi connectivity index (χ4n) is 2.31. The van der Waals surface area contributed by atoms with Gasteiger partial charge in [0.1, 0.15) is 10.0 Å². The highest BCUT2D eigenvalue weighted by Gasteiger charge is 2.20. The maximum Gasteiger partial charge on any atom is 0.120 e. The normalized spacial score (nSPS) is 23.7. The van der Waals surface area contributed by atoms with Gasteiger partial charge in [-0.25, -0.2) is 0 Å². The summed E-state index contributed by atoms with van der Waals surface area (Å²) in [5, 5.41) is 14.4. The Kier molecular flexibility index (Phi) is 4.23. The molecular weight excluding hydrogens is 246 g/mol. The van der Waals surface area contributed by atoms with E-state index < -0.39 is 0 Å². The average Bonchev–Trinajstić information content (AvgIpc) is 2.88. The van der Waals surface area contributed by atoms with E-state index in [0.717, 1.165) is 37.0 Å². The van der Waals surface area contributed by atoms with Gasteiger partial charge in [-0.15, -0.1) is 21.5 Å². The largest absolute Gasteiger partial charge is 0.378 e. The highest BCUT2D eigenvalue weighted by atomic mass is 32.1. The number of hydrogen-bond acceptors (Lipinski definition) is 5. The molecule has 2 aliphatic rings. The van der Waals surface area contributed by atoms with Crippen molar-refractivity contribution in [3.8, 4) is 0 Å². The molecule has 5 heteroatoms. The number of aryl methyl sites for hydroxylation is 1. The van der Waals surface area contributed by atoms with Gasteiger partial charge >= 0.3 is 0 Å². The molecule has 1 aromatic heterocycles. The first-order chi connectivity index (χ1) is 8.90. The third-order valence-electron chi connectivity index (χ3n) is 3.51. The molecule has 0 spiro atoms. The van der Waals surface area contributed by atoms with Crippen LogP contribution in [0.2, 0.25) is 0 Å². The summed E-state index contributed by atoms with van der Waals surface area (Å²) in [7, 11) is 0. The zero-order chi connectivity index (χ0) is 12.2. The zero-order valence-electron chi connectivity index (χ0n) is 10.7. The summed E-state index contributed by atoms with van der Waals surface area (Å²) < 4.78 is 5.63. The van der Waals surface area contributed by atoms with Crippen molar-refractivity contribution in [1.82, 2.24) is 15.5 Å². The van der Waals surface area contributed by atoms with Gasteiger partial charge < -0.3 is 10.1 Å². The fraction of sp³-hybridized carbons (Fsp3) is 0.846. The Hall–Kier alpha value is -0.520. The Labute approximate surface area is 112 Å².